The lowest BCUT2D eigenvalue weighted by Crippen LogP contribution is -2.51. The minimum absolute atomic E-state index is 0.132. The lowest BCUT2D eigenvalue weighted by atomic mass is 9.89. The molecule has 1 aromatic rings. The lowest BCUT2D eigenvalue weighted by molar-refractivity contribution is 0.00655. The number of hydrogen-bond donors (Lipinski definition) is 3. The van der Waals surface area contributed by atoms with Gasteiger partial charge in [0.2, 0.25) is 0 Å². The fourth-order valence-corrected chi connectivity index (χ4v) is 4.41. The van der Waals surface area contributed by atoms with Crippen LogP contribution in [0.1, 0.15) is 63.5 Å². The molecule has 0 amide bonds. The number of phenols is 1. The van der Waals surface area contributed by atoms with E-state index in [0.29, 0.717) is 17.8 Å². The average molecular weight is 332 g/mol. The van der Waals surface area contributed by atoms with Crippen molar-refractivity contribution in [3.8, 4) is 5.75 Å². The Kier molecular flexibility index (Phi) is 6.14. The van der Waals surface area contributed by atoms with E-state index < -0.39 is 0 Å². The van der Waals surface area contributed by atoms with Gasteiger partial charge in [0.1, 0.15) is 5.75 Å². The first-order valence-corrected chi connectivity index (χ1v) is 9.65. The second-order valence-corrected chi connectivity index (χ2v) is 7.42. The van der Waals surface area contributed by atoms with E-state index in [1.54, 1.807) is 6.07 Å². The Morgan fingerprint density at radius 2 is 1.83 bits per heavy atom. The number of rotatable bonds is 5. The summed E-state index contributed by atoms with van der Waals surface area (Å²) in [4.78, 5) is 2.50. The van der Waals surface area contributed by atoms with E-state index in [-0.39, 0.29) is 12.1 Å². The van der Waals surface area contributed by atoms with E-state index in [9.17, 15) is 10.2 Å². The van der Waals surface area contributed by atoms with Gasteiger partial charge in [0.05, 0.1) is 6.10 Å². The quantitative estimate of drug-likeness (QED) is 0.775. The van der Waals surface area contributed by atoms with E-state index >= 15 is 0 Å². The maximum atomic E-state index is 10.3. The van der Waals surface area contributed by atoms with Crippen molar-refractivity contribution in [2.45, 2.75) is 76.1 Å². The molecule has 0 radical (unpaired) electrons. The number of nitrogens with one attached hydrogen (secondary N) is 1. The van der Waals surface area contributed by atoms with Crippen LogP contribution in [0.25, 0.3) is 0 Å². The highest BCUT2D eigenvalue weighted by atomic mass is 16.3. The summed E-state index contributed by atoms with van der Waals surface area (Å²) in [5, 5.41) is 24.1. The fraction of sp³-hybridized carbons (Fsp3) is 0.700. The van der Waals surface area contributed by atoms with Crippen molar-refractivity contribution in [1.29, 1.82) is 0 Å². The van der Waals surface area contributed by atoms with E-state index in [2.05, 4.69) is 17.1 Å². The molecule has 134 valence electrons. The molecule has 0 spiro atoms. The molecule has 3 rings (SSSR count). The summed E-state index contributed by atoms with van der Waals surface area (Å²) < 4.78 is 0. The standard InChI is InChI=1S/C20H32N2O2/c1-2-17(16-7-3-5-9-19(16)23)21-15-11-13-22(14-12-15)18-8-4-6-10-20(18)24/h3,5,7,9,15,17-18,20-21,23-24H,2,4,6,8,10-14H2,1H3/t17-,18-,20+/m1/s1. The summed E-state index contributed by atoms with van der Waals surface area (Å²) >= 11 is 0. The molecule has 1 saturated heterocycles. The Bertz CT molecular complexity index is 514. The van der Waals surface area contributed by atoms with Crippen molar-refractivity contribution in [2.75, 3.05) is 13.1 Å². The predicted octanol–water partition coefficient (Wildman–Crippen LogP) is 3.20. The van der Waals surface area contributed by atoms with Gasteiger partial charge in [0, 0.05) is 36.8 Å². The molecular formula is C20H32N2O2. The van der Waals surface area contributed by atoms with Gasteiger partial charge in [-0.25, -0.2) is 0 Å². The number of hydrogen-bond acceptors (Lipinski definition) is 4. The van der Waals surface area contributed by atoms with Crippen LogP contribution in [0.15, 0.2) is 24.3 Å². The maximum absolute atomic E-state index is 10.3. The van der Waals surface area contributed by atoms with Crippen LogP contribution in [-0.2, 0) is 0 Å². The number of aliphatic hydroxyl groups excluding tert-OH is 1. The molecule has 1 aliphatic carbocycles. The molecule has 1 heterocycles. The zero-order valence-corrected chi connectivity index (χ0v) is 14.8. The minimum Gasteiger partial charge on any atom is -0.508 e. The van der Waals surface area contributed by atoms with Crippen LogP contribution >= 0.6 is 0 Å². The number of benzene rings is 1. The normalized spacial score (nSPS) is 27.9. The number of aliphatic hydroxyl groups is 1. The van der Waals surface area contributed by atoms with Gasteiger partial charge < -0.3 is 15.5 Å². The van der Waals surface area contributed by atoms with Crippen molar-refractivity contribution in [1.82, 2.24) is 10.2 Å². The summed E-state index contributed by atoms with van der Waals surface area (Å²) in [6.07, 6.45) is 7.62. The van der Waals surface area contributed by atoms with Crippen molar-refractivity contribution in [3.63, 3.8) is 0 Å². The number of para-hydroxylation sites is 1. The number of likely N-dealkylation sites (tertiary alicyclic amines) is 1. The van der Waals surface area contributed by atoms with Gasteiger partial charge in [0.25, 0.3) is 0 Å². The highest BCUT2D eigenvalue weighted by Gasteiger charge is 2.32. The zero-order valence-electron chi connectivity index (χ0n) is 14.8. The first-order valence-electron chi connectivity index (χ1n) is 9.65. The summed E-state index contributed by atoms with van der Waals surface area (Å²) in [5.41, 5.74) is 1.00. The molecule has 1 aliphatic heterocycles. The van der Waals surface area contributed by atoms with Crippen LogP contribution in [0.4, 0.5) is 0 Å². The molecule has 1 aromatic carbocycles. The smallest absolute Gasteiger partial charge is 0.120 e. The Labute approximate surface area is 145 Å². The summed E-state index contributed by atoms with van der Waals surface area (Å²) in [5.74, 6) is 0.389. The Hall–Kier alpha value is -1.10. The topological polar surface area (TPSA) is 55.7 Å². The molecular weight excluding hydrogens is 300 g/mol. The molecule has 3 N–H and O–H groups in total. The SMILES string of the molecule is CC[C@@H](NC1CCN([C@@H]2CCCC[C@@H]2O)CC1)c1ccccc1O. The molecule has 0 aromatic heterocycles. The van der Waals surface area contributed by atoms with Crippen molar-refractivity contribution in [3.05, 3.63) is 29.8 Å². The first kappa shape index (κ1) is 17.7. The van der Waals surface area contributed by atoms with E-state index in [1.165, 1.54) is 12.8 Å². The van der Waals surface area contributed by atoms with Gasteiger partial charge in [-0.1, -0.05) is 38.0 Å². The summed E-state index contributed by atoms with van der Waals surface area (Å²) in [7, 11) is 0. The highest BCUT2D eigenvalue weighted by molar-refractivity contribution is 5.34. The molecule has 3 atom stereocenters. The molecule has 24 heavy (non-hydrogen) atoms. The van der Waals surface area contributed by atoms with Gasteiger partial charge in [-0.05, 0) is 38.2 Å². The molecule has 1 saturated carbocycles. The Morgan fingerprint density at radius 1 is 1.12 bits per heavy atom. The molecule has 2 fully saturated rings. The van der Waals surface area contributed by atoms with Crippen LogP contribution in [0, 0.1) is 0 Å². The van der Waals surface area contributed by atoms with Gasteiger partial charge in [-0.2, -0.15) is 0 Å². The van der Waals surface area contributed by atoms with Gasteiger partial charge in [-0.3, -0.25) is 4.90 Å². The van der Waals surface area contributed by atoms with Crippen LogP contribution in [0.5, 0.6) is 5.75 Å². The number of piperidine rings is 1. The number of aromatic hydroxyl groups is 1. The van der Waals surface area contributed by atoms with Gasteiger partial charge in [0.15, 0.2) is 0 Å². The van der Waals surface area contributed by atoms with Crippen molar-refractivity contribution < 1.29 is 10.2 Å². The van der Waals surface area contributed by atoms with E-state index in [0.717, 1.165) is 50.8 Å². The Balaban J connectivity index is 1.53. The number of nitrogens with zero attached hydrogens (tertiary/aromatic N) is 1. The summed E-state index contributed by atoms with van der Waals surface area (Å²) in [6.45, 7) is 4.30. The Morgan fingerprint density at radius 3 is 2.50 bits per heavy atom. The first-order chi connectivity index (χ1) is 11.7. The molecule has 4 heteroatoms. The molecule has 0 unspecified atom stereocenters. The largest absolute Gasteiger partial charge is 0.508 e. The fourth-order valence-electron chi connectivity index (χ4n) is 4.41. The minimum atomic E-state index is -0.132. The van der Waals surface area contributed by atoms with E-state index in [4.69, 9.17) is 0 Å². The van der Waals surface area contributed by atoms with Crippen LogP contribution in [0.3, 0.4) is 0 Å². The third-order valence-corrected chi connectivity index (χ3v) is 5.85. The summed E-state index contributed by atoms with van der Waals surface area (Å²) in [6, 6.07) is 8.73. The molecule has 4 nitrogen and oxygen atoms in total. The second kappa shape index (κ2) is 8.32. The second-order valence-electron chi connectivity index (χ2n) is 7.42. The van der Waals surface area contributed by atoms with Gasteiger partial charge in [-0.15, -0.1) is 0 Å². The van der Waals surface area contributed by atoms with E-state index in [1.807, 2.05) is 18.2 Å². The van der Waals surface area contributed by atoms with Crippen molar-refractivity contribution >= 4 is 0 Å². The average Bonchev–Trinajstić information content (AvgIpc) is 2.61. The lowest BCUT2D eigenvalue weighted by Gasteiger charge is -2.42. The van der Waals surface area contributed by atoms with Crippen LogP contribution in [-0.4, -0.2) is 46.4 Å². The molecule has 0 bridgehead atoms. The predicted molar refractivity (Wildman–Crippen MR) is 97.1 cm³/mol. The number of phenolic OH excluding ortho intramolecular Hbond substituents is 1. The third-order valence-electron chi connectivity index (χ3n) is 5.85. The van der Waals surface area contributed by atoms with Gasteiger partial charge >= 0.3 is 0 Å². The third kappa shape index (κ3) is 4.11. The zero-order chi connectivity index (χ0) is 16.9. The van der Waals surface area contributed by atoms with Crippen LogP contribution in [0.2, 0.25) is 0 Å². The molecule has 2 aliphatic rings. The highest BCUT2D eigenvalue weighted by Crippen LogP contribution is 2.29. The monoisotopic (exact) mass is 332 g/mol. The van der Waals surface area contributed by atoms with Crippen LogP contribution < -0.4 is 5.32 Å². The van der Waals surface area contributed by atoms with Crippen molar-refractivity contribution in [2.24, 2.45) is 0 Å². The maximum Gasteiger partial charge on any atom is 0.120 e.